The molecule has 24 heteroatoms. The summed E-state index contributed by atoms with van der Waals surface area (Å²) in [5.41, 5.74) is 8.47. The Labute approximate surface area is 649 Å². The first kappa shape index (κ1) is 76.9. The van der Waals surface area contributed by atoms with E-state index in [-0.39, 0.29) is 69.3 Å². The Morgan fingerprint density at radius 3 is 1.41 bits per heavy atom. The van der Waals surface area contributed by atoms with Crippen molar-refractivity contribution in [1.82, 2.24) is 19.6 Å². The number of pyridine rings is 1. The van der Waals surface area contributed by atoms with Gasteiger partial charge in [-0.15, -0.1) is 0 Å². The predicted molar refractivity (Wildman–Crippen MR) is 404 cm³/mol. The molecule has 0 saturated heterocycles. The maximum atomic E-state index is 15.1. The minimum atomic E-state index is -2.36. The molecule has 0 amide bonds. The number of allylic oxidation sites excluding steroid dienone is 5. The Hall–Kier alpha value is -12.3. The van der Waals surface area contributed by atoms with Crippen molar-refractivity contribution in [1.29, 1.82) is 21.0 Å². The summed E-state index contributed by atoms with van der Waals surface area (Å²) >= 11 is 0. The summed E-state index contributed by atoms with van der Waals surface area (Å²) in [6.45, 7) is 3.01. The average Bonchev–Trinajstić information content (AvgIpc) is 1.50. The second kappa shape index (κ2) is 30.0. The van der Waals surface area contributed by atoms with Crippen molar-refractivity contribution >= 4 is 39.2 Å². The third-order valence-corrected chi connectivity index (χ3v) is 22.6. The van der Waals surface area contributed by atoms with Crippen molar-refractivity contribution < 1.29 is 68.5 Å². The van der Waals surface area contributed by atoms with Crippen LogP contribution < -0.4 is 48.6 Å². The van der Waals surface area contributed by atoms with Gasteiger partial charge in [0.2, 0.25) is 11.3 Å². The van der Waals surface area contributed by atoms with Gasteiger partial charge in [-0.2, -0.15) is 21.0 Å². The van der Waals surface area contributed by atoms with Crippen LogP contribution in [0.3, 0.4) is 0 Å². The number of rotatable bonds is 5. The molecule has 111 heavy (non-hydrogen) atoms. The number of para-hydroxylation sites is 5. The molecule has 1 aromatic heterocycles. The van der Waals surface area contributed by atoms with Gasteiger partial charge in [-0.05, 0) is 185 Å². The zero-order chi connectivity index (χ0) is 78.3. The van der Waals surface area contributed by atoms with Gasteiger partial charge >= 0.3 is 18.9 Å². The van der Waals surface area contributed by atoms with Crippen LogP contribution in [0.25, 0.3) is 61.0 Å². The largest absolute Gasteiger partial charge is 1.00 e. The summed E-state index contributed by atoms with van der Waals surface area (Å²) < 4.78 is 131. The van der Waals surface area contributed by atoms with E-state index in [9.17, 15) is 56.9 Å². The number of H-pyrrole nitrogens is 1. The Bertz CT molecular complexity index is 5470. The van der Waals surface area contributed by atoms with E-state index < -0.39 is 92.0 Å². The van der Waals surface area contributed by atoms with Crippen LogP contribution >= 0.6 is 0 Å². The third-order valence-electron chi connectivity index (χ3n) is 22.6. The van der Waals surface area contributed by atoms with Crippen LogP contribution in [0.4, 0.5) is 62.3 Å². The molecule has 8 aliphatic rings. The van der Waals surface area contributed by atoms with Gasteiger partial charge in [0.25, 0.3) is 0 Å². The van der Waals surface area contributed by atoms with Gasteiger partial charge < -0.3 is 44.3 Å². The predicted octanol–water partition coefficient (Wildman–Crippen LogP) is 14.2. The number of hydrogen-bond donors (Lipinski definition) is 0. The molecule has 0 radical (unpaired) electrons. The molecular weight excluding hydrogens is 1420 g/mol. The van der Waals surface area contributed by atoms with E-state index in [1.54, 1.807) is 30.5 Å². The molecule has 554 valence electrons. The van der Waals surface area contributed by atoms with Crippen molar-refractivity contribution in [2.24, 2.45) is 5.92 Å². The van der Waals surface area contributed by atoms with E-state index in [1.807, 2.05) is 30.3 Å². The molecule has 1 saturated carbocycles. The zero-order valence-electron chi connectivity index (χ0n) is 62.4. The number of benzene rings is 8. The fourth-order valence-electron chi connectivity index (χ4n) is 17.2. The SMILES string of the molecule is CN(C)C1=CC2=C3C=C(N(C)C)C=CN3CCCN2C=C1.CN1c2ccccc2N(C)C12CCCCC21N(C)c2ccccc2N1C.Cc1c(F)c(F)c(-c2ccc3c(c2)C(C(C#N)C#N)c2cc4c(cc2-3)C(=C(C#N)C#N)c2cc(-c3c(F)c(F)c(F)c(F)c3F)ccc2-4)c(F)c1F.[Li+].[O-]c1cccc2ccc[nH+]c12. The van der Waals surface area contributed by atoms with Crippen LogP contribution in [0, 0.1) is 111 Å². The molecular formula is C87H72F9LiN13O+. The van der Waals surface area contributed by atoms with E-state index in [0.717, 1.165) is 56.8 Å². The summed E-state index contributed by atoms with van der Waals surface area (Å²) in [5.74, 6) is -19.9. The summed E-state index contributed by atoms with van der Waals surface area (Å²) in [5, 5.41) is 51.9. The van der Waals surface area contributed by atoms with Crippen LogP contribution in [0.5, 0.6) is 5.75 Å². The van der Waals surface area contributed by atoms with Gasteiger partial charge in [0.05, 0.1) is 57.4 Å². The maximum Gasteiger partial charge on any atom is 1.00 e. The minimum absolute atomic E-state index is 0. The monoisotopic (exact) mass is 1490 g/mol. The molecule has 1 fully saturated rings. The standard InChI is InChI=1S/C39H13F9N4.C22H28N4.C17H24N4.C9H7NO.Li/c1-14-31(40)33(42)29(34(43)32(14)41)15-2-4-19-21-8-26-22(9-25(21)27(23(19)6-15)17(10-49)11-50)20-5-3-16(7-24(20)28(26)18(12-51)13-52)30-35(44)37(46)39(48)38(47)36(30)45;1-23-17-11-5-6-12-18(17)24(2)21(23)15-9-10-16-22(21)25(3)19-13-7-8-14-20(19)26(22)4;1-18(2)14-6-10-20-8-5-9-21-11-7-15(19(3)4)13-17(21)16(20)12-14;11-8-5-1-3-7-4-2-6-10-9(7)8;/h2-9,17,27H,1H3;5-8,11-14H,9-10,15-16H2,1-4H3;6-7,10-13H,5,8-9H2,1-4H3;1-6,11H;/q;;;;+1. The molecule has 1 N–H and O–H groups in total. The van der Waals surface area contributed by atoms with Crippen molar-refractivity contribution in [3.05, 3.63) is 279 Å². The first-order valence-electron chi connectivity index (χ1n) is 35.6. The van der Waals surface area contributed by atoms with Gasteiger partial charge in [0.15, 0.2) is 64.1 Å². The number of aromatic nitrogens is 1. The first-order valence-corrected chi connectivity index (χ1v) is 35.6. The van der Waals surface area contributed by atoms with E-state index >= 15 is 8.78 Å². The Morgan fingerprint density at radius 2 is 0.937 bits per heavy atom. The van der Waals surface area contributed by atoms with Crippen LogP contribution in [0.2, 0.25) is 0 Å². The number of fused-ring (bicyclic) bond motifs is 12. The van der Waals surface area contributed by atoms with Crippen molar-refractivity contribution in [2.45, 2.75) is 56.3 Å². The van der Waals surface area contributed by atoms with E-state index in [4.69, 9.17) is 0 Å². The van der Waals surface area contributed by atoms with Gasteiger partial charge in [-0.3, -0.25) is 0 Å². The quantitative estimate of drug-likeness (QED) is 0.0527. The number of hydrogen-bond acceptors (Lipinski definition) is 13. The van der Waals surface area contributed by atoms with Crippen LogP contribution in [0.1, 0.15) is 65.8 Å². The van der Waals surface area contributed by atoms with Crippen LogP contribution in [-0.4, -0.2) is 100 Å². The second-order valence-electron chi connectivity index (χ2n) is 28.4. The Balaban J connectivity index is 0.000000150. The number of likely N-dealkylation sites (N-methyl/N-ethyl adjacent to an activating group) is 6. The van der Waals surface area contributed by atoms with E-state index in [2.05, 4.69) is 186 Å². The molecule has 5 aliphatic heterocycles. The summed E-state index contributed by atoms with van der Waals surface area (Å²) in [4.78, 5) is 22.2. The van der Waals surface area contributed by atoms with Crippen molar-refractivity contribution in [3.8, 4) is 74.5 Å². The van der Waals surface area contributed by atoms with Gasteiger partial charge in [-0.25, -0.2) is 44.5 Å². The number of aromatic amines is 1. The fourth-order valence-corrected chi connectivity index (χ4v) is 17.2. The molecule has 1 unspecified atom stereocenters. The maximum absolute atomic E-state index is 15.1. The number of anilines is 4. The number of nitrogens with one attached hydrogen (secondary N) is 1. The van der Waals surface area contributed by atoms with Gasteiger partial charge in [0, 0.05) is 122 Å². The summed E-state index contributed by atoms with van der Waals surface area (Å²) in [6, 6.07) is 44.2. The van der Waals surface area contributed by atoms with Gasteiger partial charge in [-0.1, -0.05) is 60.7 Å². The molecule has 1 atom stereocenters. The third kappa shape index (κ3) is 12.2. The van der Waals surface area contributed by atoms with Gasteiger partial charge in [0.1, 0.15) is 23.6 Å². The molecule has 9 aromatic rings. The molecule has 6 heterocycles. The Morgan fingerprint density at radius 1 is 0.495 bits per heavy atom. The molecule has 8 aromatic carbocycles. The summed E-state index contributed by atoms with van der Waals surface area (Å²) in [7, 11) is 17.5. The molecule has 2 spiro atoms. The zero-order valence-corrected chi connectivity index (χ0v) is 62.4. The smallest absolute Gasteiger partial charge is 0.868 e. The molecule has 0 bridgehead atoms. The second-order valence-corrected chi connectivity index (χ2v) is 28.4. The van der Waals surface area contributed by atoms with E-state index in [0.29, 0.717) is 27.8 Å². The fraction of sp³-hybridized carbons (Fsp3) is 0.230. The molecule has 14 nitrogen and oxygen atoms in total. The van der Waals surface area contributed by atoms with Crippen molar-refractivity contribution in [2.75, 3.05) is 89.1 Å². The number of nitriles is 4. The van der Waals surface area contributed by atoms with Crippen molar-refractivity contribution in [3.63, 3.8) is 0 Å². The number of halogens is 9. The topological polar surface area (TPSA) is 158 Å². The first-order chi connectivity index (χ1) is 52.8. The normalized spacial score (nSPS) is 16.4. The summed E-state index contributed by atoms with van der Waals surface area (Å²) in [6.07, 6.45) is 21.2. The Kier molecular flexibility index (Phi) is 20.8. The average molecular weight is 1490 g/mol. The molecule has 17 rings (SSSR count). The minimum Gasteiger partial charge on any atom is -0.868 e. The number of nitrogens with zero attached hydrogens (tertiary/aromatic N) is 12. The molecule has 3 aliphatic carbocycles. The van der Waals surface area contributed by atoms with Crippen LogP contribution in [-0.2, 0) is 0 Å². The van der Waals surface area contributed by atoms with Crippen LogP contribution in [0.15, 0.2) is 199 Å². The van der Waals surface area contributed by atoms with E-state index in [1.165, 1.54) is 94.8 Å².